The van der Waals surface area contributed by atoms with E-state index in [-0.39, 0.29) is 6.10 Å². The van der Waals surface area contributed by atoms with Crippen molar-refractivity contribution < 1.29 is 9.47 Å². The molecule has 1 aliphatic rings. The summed E-state index contributed by atoms with van der Waals surface area (Å²) in [5.74, 6) is 0.643. The van der Waals surface area contributed by atoms with Gasteiger partial charge in [-0.1, -0.05) is 18.2 Å². The molecule has 0 aliphatic carbocycles. The Morgan fingerprint density at radius 3 is 3.06 bits per heavy atom. The Kier molecular flexibility index (Phi) is 3.13. The number of benzene rings is 1. The van der Waals surface area contributed by atoms with Crippen molar-refractivity contribution >= 4 is 10.9 Å². The molecule has 1 unspecified atom stereocenters. The molecule has 4 nitrogen and oxygen atoms in total. The normalized spacial score (nSPS) is 19.3. The van der Waals surface area contributed by atoms with E-state index < -0.39 is 0 Å². The van der Waals surface area contributed by atoms with Gasteiger partial charge in [-0.2, -0.15) is 0 Å². The average Bonchev–Trinajstić information content (AvgIpc) is 2.90. The Hall–Kier alpha value is -1.65. The van der Waals surface area contributed by atoms with E-state index in [2.05, 4.69) is 4.98 Å². The van der Waals surface area contributed by atoms with Crippen LogP contribution in [0.2, 0.25) is 0 Å². The summed E-state index contributed by atoms with van der Waals surface area (Å²) in [5, 5.41) is 1.09. The van der Waals surface area contributed by atoms with Crippen LogP contribution in [0, 0.1) is 0 Å². The van der Waals surface area contributed by atoms with Crippen molar-refractivity contribution in [2.75, 3.05) is 13.2 Å². The fourth-order valence-electron chi connectivity index (χ4n) is 2.23. The Labute approximate surface area is 106 Å². The second kappa shape index (κ2) is 4.92. The maximum absolute atomic E-state index is 5.83. The van der Waals surface area contributed by atoms with E-state index in [1.807, 2.05) is 30.3 Å². The first-order chi connectivity index (χ1) is 8.86. The highest BCUT2D eigenvalue weighted by Gasteiger charge is 2.18. The molecule has 0 bridgehead atoms. The molecule has 1 aromatic heterocycles. The van der Waals surface area contributed by atoms with Crippen molar-refractivity contribution in [1.82, 2.24) is 4.98 Å². The summed E-state index contributed by atoms with van der Waals surface area (Å²) < 4.78 is 11.1. The van der Waals surface area contributed by atoms with Gasteiger partial charge in [-0.05, 0) is 11.6 Å². The van der Waals surface area contributed by atoms with Gasteiger partial charge in [-0.3, -0.25) is 0 Å². The third kappa shape index (κ3) is 2.17. The van der Waals surface area contributed by atoms with Gasteiger partial charge in [0.25, 0.3) is 0 Å². The lowest BCUT2D eigenvalue weighted by Crippen LogP contribution is -2.16. The second-order valence-corrected chi connectivity index (χ2v) is 4.44. The first kappa shape index (κ1) is 11.4. The molecule has 94 valence electrons. The van der Waals surface area contributed by atoms with Gasteiger partial charge in [-0.15, -0.1) is 0 Å². The lowest BCUT2D eigenvalue weighted by molar-refractivity contribution is 0.138. The summed E-state index contributed by atoms with van der Waals surface area (Å²) in [6.07, 6.45) is 1.04. The van der Waals surface area contributed by atoms with Gasteiger partial charge in [0.2, 0.25) is 5.88 Å². The molecule has 0 amide bonds. The number of pyridine rings is 1. The van der Waals surface area contributed by atoms with E-state index >= 15 is 0 Å². The van der Waals surface area contributed by atoms with Gasteiger partial charge in [-0.25, -0.2) is 4.98 Å². The molecule has 4 heteroatoms. The summed E-state index contributed by atoms with van der Waals surface area (Å²) >= 11 is 0. The van der Waals surface area contributed by atoms with Gasteiger partial charge in [0, 0.05) is 24.4 Å². The largest absolute Gasteiger partial charge is 0.472 e. The van der Waals surface area contributed by atoms with Crippen LogP contribution in [0.4, 0.5) is 0 Å². The van der Waals surface area contributed by atoms with Gasteiger partial charge in [0.1, 0.15) is 6.10 Å². The third-order valence-corrected chi connectivity index (χ3v) is 3.17. The van der Waals surface area contributed by atoms with E-state index in [0.717, 1.165) is 29.5 Å². The Morgan fingerprint density at radius 2 is 2.28 bits per heavy atom. The lowest BCUT2D eigenvalue weighted by atomic mass is 10.1. The van der Waals surface area contributed by atoms with Crippen LogP contribution in [0.15, 0.2) is 30.3 Å². The minimum atomic E-state index is 0.115. The quantitative estimate of drug-likeness (QED) is 0.895. The van der Waals surface area contributed by atoms with Crippen molar-refractivity contribution in [3.8, 4) is 5.88 Å². The van der Waals surface area contributed by atoms with E-state index in [4.69, 9.17) is 15.2 Å². The van der Waals surface area contributed by atoms with E-state index in [1.165, 1.54) is 0 Å². The number of nitrogens with two attached hydrogens (primary N) is 1. The molecule has 2 N–H and O–H groups in total. The zero-order valence-corrected chi connectivity index (χ0v) is 10.1. The molecule has 1 aliphatic heterocycles. The number of para-hydroxylation sites is 1. The van der Waals surface area contributed by atoms with Crippen LogP contribution < -0.4 is 10.5 Å². The Balaban J connectivity index is 1.96. The summed E-state index contributed by atoms with van der Waals surface area (Å²) in [4.78, 5) is 4.51. The monoisotopic (exact) mass is 244 g/mol. The number of hydrogen-bond donors (Lipinski definition) is 1. The number of nitrogens with zero attached hydrogens (tertiary/aromatic N) is 1. The van der Waals surface area contributed by atoms with Crippen LogP contribution in [-0.4, -0.2) is 24.3 Å². The maximum atomic E-state index is 5.83. The minimum Gasteiger partial charge on any atom is -0.472 e. The molecule has 1 saturated heterocycles. The molecule has 2 heterocycles. The molecule has 0 radical (unpaired) electrons. The summed E-state index contributed by atoms with van der Waals surface area (Å²) in [6.45, 7) is 1.90. The van der Waals surface area contributed by atoms with Gasteiger partial charge in [0.15, 0.2) is 0 Å². The molecule has 3 rings (SSSR count). The van der Waals surface area contributed by atoms with Gasteiger partial charge >= 0.3 is 0 Å². The summed E-state index contributed by atoms with van der Waals surface area (Å²) in [7, 11) is 0. The lowest BCUT2D eigenvalue weighted by Gasteiger charge is -2.13. The SMILES string of the molecule is NCc1cc(OC2CCOC2)nc2ccccc12. The molecular weight excluding hydrogens is 228 g/mol. The van der Waals surface area contributed by atoms with E-state index in [9.17, 15) is 0 Å². The van der Waals surface area contributed by atoms with Gasteiger partial charge < -0.3 is 15.2 Å². The fourth-order valence-corrected chi connectivity index (χ4v) is 2.23. The van der Waals surface area contributed by atoms with Crippen LogP contribution in [0.25, 0.3) is 10.9 Å². The number of hydrogen-bond acceptors (Lipinski definition) is 4. The number of ether oxygens (including phenoxy) is 2. The first-order valence-corrected chi connectivity index (χ1v) is 6.20. The molecular formula is C14H16N2O2. The highest BCUT2D eigenvalue weighted by molar-refractivity contribution is 5.82. The third-order valence-electron chi connectivity index (χ3n) is 3.17. The average molecular weight is 244 g/mol. The topological polar surface area (TPSA) is 57.4 Å². The fraction of sp³-hybridized carbons (Fsp3) is 0.357. The number of fused-ring (bicyclic) bond motifs is 1. The smallest absolute Gasteiger partial charge is 0.214 e. The van der Waals surface area contributed by atoms with E-state index in [0.29, 0.717) is 19.0 Å². The second-order valence-electron chi connectivity index (χ2n) is 4.44. The Morgan fingerprint density at radius 1 is 1.39 bits per heavy atom. The van der Waals surface area contributed by atoms with Gasteiger partial charge in [0.05, 0.1) is 18.7 Å². The maximum Gasteiger partial charge on any atom is 0.214 e. The van der Waals surface area contributed by atoms with Crippen molar-refractivity contribution in [2.24, 2.45) is 5.73 Å². The van der Waals surface area contributed by atoms with Crippen LogP contribution in [-0.2, 0) is 11.3 Å². The number of rotatable bonds is 3. The first-order valence-electron chi connectivity index (χ1n) is 6.20. The van der Waals surface area contributed by atoms with Crippen molar-refractivity contribution in [3.05, 3.63) is 35.9 Å². The minimum absolute atomic E-state index is 0.115. The predicted molar refractivity (Wildman–Crippen MR) is 69.5 cm³/mol. The van der Waals surface area contributed by atoms with Crippen LogP contribution in [0.3, 0.4) is 0 Å². The van der Waals surface area contributed by atoms with Crippen LogP contribution in [0.1, 0.15) is 12.0 Å². The van der Waals surface area contributed by atoms with Crippen molar-refractivity contribution in [3.63, 3.8) is 0 Å². The summed E-state index contributed by atoms with van der Waals surface area (Å²) in [6, 6.07) is 9.91. The Bertz CT molecular complexity index is 550. The molecule has 1 fully saturated rings. The zero-order valence-electron chi connectivity index (χ0n) is 10.1. The van der Waals surface area contributed by atoms with Crippen molar-refractivity contribution in [2.45, 2.75) is 19.1 Å². The highest BCUT2D eigenvalue weighted by atomic mass is 16.5. The molecule has 1 aromatic carbocycles. The predicted octanol–water partition coefficient (Wildman–Crippen LogP) is 1.86. The molecule has 2 aromatic rings. The molecule has 18 heavy (non-hydrogen) atoms. The summed E-state index contributed by atoms with van der Waals surface area (Å²) in [5.41, 5.74) is 7.77. The molecule has 0 saturated carbocycles. The molecule has 0 spiro atoms. The van der Waals surface area contributed by atoms with Crippen molar-refractivity contribution in [1.29, 1.82) is 0 Å². The van der Waals surface area contributed by atoms with E-state index in [1.54, 1.807) is 0 Å². The zero-order chi connectivity index (χ0) is 12.4. The highest BCUT2D eigenvalue weighted by Crippen LogP contribution is 2.23. The standard InChI is InChI=1S/C14H16N2O2/c15-8-10-7-14(18-11-5-6-17-9-11)16-13-4-2-1-3-12(10)13/h1-4,7,11H,5-6,8-9,15H2. The van der Waals surface area contributed by atoms with Crippen LogP contribution >= 0.6 is 0 Å². The molecule has 1 atom stereocenters. The van der Waals surface area contributed by atoms with Crippen LogP contribution in [0.5, 0.6) is 5.88 Å². The number of aromatic nitrogens is 1.